The van der Waals surface area contributed by atoms with Crippen molar-refractivity contribution in [3.05, 3.63) is 65.0 Å². The molecule has 150 valence electrons. The molecule has 0 fully saturated rings. The number of amides is 1. The molecule has 0 atom stereocenters. The lowest BCUT2D eigenvalue weighted by Gasteiger charge is -2.11. The third-order valence-corrected chi connectivity index (χ3v) is 4.19. The Bertz CT molecular complexity index is 1080. The van der Waals surface area contributed by atoms with Crippen LogP contribution < -0.4 is 25.1 Å². The van der Waals surface area contributed by atoms with Crippen molar-refractivity contribution in [2.24, 2.45) is 0 Å². The van der Waals surface area contributed by atoms with Crippen LogP contribution in [0.2, 0.25) is 0 Å². The molecule has 0 spiro atoms. The number of rotatable bonds is 7. The van der Waals surface area contributed by atoms with Gasteiger partial charge in [0.05, 0.1) is 27.0 Å². The maximum atomic E-state index is 12.4. The van der Waals surface area contributed by atoms with Gasteiger partial charge < -0.3 is 19.5 Å². The molecule has 8 nitrogen and oxygen atoms in total. The zero-order chi connectivity index (χ0) is 20.8. The number of methoxy groups -OCH3 is 3. The topological polar surface area (TPSA) is 91.7 Å². The molecule has 29 heavy (non-hydrogen) atoms. The van der Waals surface area contributed by atoms with Crippen LogP contribution in [0.25, 0.3) is 11.3 Å². The second-order valence-corrected chi connectivity index (χ2v) is 6.06. The Balaban J connectivity index is 1.82. The number of hydrogen-bond acceptors (Lipinski definition) is 6. The summed E-state index contributed by atoms with van der Waals surface area (Å²) in [7, 11) is 4.64. The third kappa shape index (κ3) is 4.73. The lowest BCUT2D eigenvalue weighted by Crippen LogP contribution is -2.29. The highest BCUT2D eigenvalue weighted by Crippen LogP contribution is 2.31. The fourth-order valence-corrected chi connectivity index (χ4v) is 2.75. The van der Waals surface area contributed by atoms with E-state index in [0.29, 0.717) is 28.6 Å². The number of ether oxygens (including phenoxy) is 3. The van der Waals surface area contributed by atoms with Crippen molar-refractivity contribution in [1.29, 1.82) is 0 Å². The quantitative estimate of drug-likeness (QED) is 0.661. The molecular weight excluding hydrogens is 374 g/mol. The van der Waals surface area contributed by atoms with Gasteiger partial charge in [0.1, 0.15) is 12.3 Å². The van der Waals surface area contributed by atoms with Gasteiger partial charge in [-0.15, -0.1) is 0 Å². The number of nitrogens with zero attached hydrogens (tertiary/aromatic N) is 2. The molecule has 0 unspecified atom stereocenters. The molecule has 0 aliphatic carbocycles. The Morgan fingerprint density at radius 1 is 0.966 bits per heavy atom. The van der Waals surface area contributed by atoms with E-state index < -0.39 is 0 Å². The monoisotopic (exact) mass is 395 g/mol. The van der Waals surface area contributed by atoms with Crippen LogP contribution in [0.1, 0.15) is 0 Å². The first-order valence-corrected chi connectivity index (χ1v) is 8.78. The van der Waals surface area contributed by atoms with Crippen molar-refractivity contribution in [3.8, 4) is 28.5 Å². The first-order chi connectivity index (χ1) is 14.0. The molecular formula is C21H21N3O5. The minimum atomic E-state index is -0.380. The van der Waals surface area contributed by atoms with Gasteiger partial charge in [-0.25, -0.2) is 4.68 Å². The summed E-state index contributed by atoms with van der Waals surface area (Å²) in [6.07, 6.45) is 0. The van der Waals surface area contributed by atoms with E-state index in [1.807, 2.05) is 0 Å². The lowest BCUT2D eigenvalue weighted by molar-refractivity contribution is -0.117. The smallest absolute Gasteiger partial charge is 0.267 e. The molecule has 1 heterocycles. The van der Waals surface area contributed by atoms with Crippen LogP contribution >= 0.6 is 0 Å². The fraction of sp³-hybridized carbons (Fsp3) is 0.190. The Kier molecular flexibility index (Phi) is 6.13. The molecule has 2 aromatic carbocycles. The standard InChI is InChI=1S/C21H21N3O5/c1-27-16-6-4-5-15(12-16)22-20(25)13-24-21(26)10-8-17(23-24)14-7-9-18(28-2)19(11-14)29-3/h4-12H,13H2,1-3H3,(H,22,25). The minimum Gasteiger partial charge on any atom is -0.497 e. The van der Waals surface area contributed by atoms with Crippen molar-refractivity contribution in [1.82, 2.24) is 9.78 Å². The SMILES string of the molecule is COc1cccc(NC(=O)Cn2nc(-c3ccc(OC)c(OC)c3)ccc2=O)c1. The van der Waals surface area contributed by atoms with E-state index >= 15 is 0 Å². The first kappa shape index (κ1) is 19.9. The average molecular weight is 395 g/mol. The molecule has 0 saturated carbocycles. The lowest BCUT2D eigenvalue weighted by atomic mass is 10.1. The molecule has 0 aliphatic rings. The minimum absolute atomic E-state index is 0.225. The summed E-state index contributed by atoms with van der Waals surface area (Å²) in [5.41, 5.74) is 1.44. The summed E-state index contributed by atoms with van der Waals surface area (Å²) in [4.78, 5) is 24.5. The second kappa shape index (κ2) is 8.92. The van der Waals surface area contributed by atoms with E-state index in [-0.39, 0.29) is 18.0 Å². The van der Waals surface area contributed by atoms with Crippen LogP contribution in [-0.2, 0) is 11.3 Å². The van der Waals surface area contributed by atoms with E-state index in [1.54, 1.807) is 69.9 Å². The summed E-state index contributed by atoms with van der Waals surface area (Å²) >= 11 is 0. The molecule has 0 bridgehead atoms. The number of carbonyl (C=O) groups is 1. The van der Waals surface area contributed by atoms with Gasteiger partial charge >= 0.3 is 0 Å². The van der Waals surface area contributed by atoms with Gasteiger partial charge in [-0.05, 0) is 36.4 Å². The molecule has 8 heteroatoms. The van der Waals surface area contributed by atoms with E-state index in [9.17, 15) is 9.59 Å². The Labute approximate surface area is 167 Å². The largest absolute Gasteiger partial charge is 0.497 e. The van der Waals surface area contributed by atoms with Gasteiger partial charge in [0.2, 0.25) is 5.91 Å². The zero-order valence-corrected chi connectivity index (χ0v) is 16.3. The highest BCUT2D eigenvalue weighted by atomic mass is 16.5. The van der Waals surface area contributed by atoms with Crippen LogP contribution in [0.15, 0.2) is 59.4 Å². The van der Waals surface area contributed by atoms with Gasteiger partial charge in [-0.3, -0.25) is 9.59 Å². The number of hydrogen-bond donors (Lipinski definition) is 1. The van der Waals surface area contributed by atoms with Crippen LogP contribution in [-0.4, -0.2) is 37.0 Å². The van der Waals surface area contributed by atoms with Crippen molar-refractivity contribution < 1.29 is 19.0 Å². The van der Waals surface area contributed by atoms with Gasteiger partial charge in [0.15, 0.2) is 11.5 Å². The number of benzene rings is 2. The summed E-state index contributed by atoms with van der Waals surface area (Å²) in [5.74, 6) is 1.37. The Morgan fingerprint density at radius 3 is 2.48 bits per heavy atom. The highest BCUT2D eigenvalue weighted by molar-refractivity contribution is 5.90. The molecule has 1 N–H and O–H groups in total. The molecule has 0 aliphatic heterocycles. The maximum absolute atomic E-state index is 12.4. The normalized spacial score (nSPS) is 10.3. The Morgan fingerprint density at radius 2 is 1.76 bits per heavy atom. The van der Waals surface area contributed by atoms with Gasteiger partial charge in [-0.1, -0.05) is 6.07 Å². The number of nitrogens with one attached hydrogen (secondary N) is 1. The Hall–Kier alpha value is -3.81. The predicted octanol–water partition coefficient (Wildman–Crippen LogP) is 2.57. The fourth-order valence-electron chi connectivity index (χ4n) is 2.75. The second-order valence-electron chi connectivity index (χ2n) is 6.06. The van der Waals surface area contributed by atoms with E-state index in [0.717, 1.165) is 10.2 Å². The predicted molar refractivity (Wildman–Crippen MR) is 109 cm³/mol. The van der Waals surface area contributed by atoms with Crippen LogP contribution in [0, 0.1) is 0 Å². The van der Waals surface area contributed by atoms with Crippen molar-refractivity contribution in [2.75, 3.05) is 26.6 Å². The first-order valence-electron chi connectivity index (χ1n) is 8.78. The van der Waals surface area contributed by atoms with Crippen LogP contribution in [0.5, 0.6) is 17.2 Å². The highest BCUT2D eigenvalue weighted by Gasteiger charge is 2.11. The van der Waals surface area contributed by atoms with Crippen LogP contribution in [0.3, 0.4) is 0 Å². The van der Waals surface area contributed by atoms with Crippen molar-refractivity contribution in [2.45, 2.75) is 6.54 Å². The maximum Gasteiger partial charge on any atom is 0.267 e. The third-order valence-electron chi connectivity index (χ3n) is 4.19. The molecule has 3 aromatic rings. The number of aromatic nitrogens is 2. The van der Waals surface area contributed by atoms with Gasteiger partial charge in [0.25, 0.3) is 5.56 Å². The summed E-state index contributed by atoms with van der Waals surface area (Å²) in [5, 5.41) is 7.04. The summed E-state index contributed by atoms with van der Waals surface area (Å²) < 4.78 is 16.8. The van der Waals surface area contributed by atoms with Gasteiger partial charge in [0, 0.05) is 23.4 Å². The average Bonchev–Trinajstić information content (AvgIpc) is 2.74. The molecule has 1 amide bonds. The van der Waals surface area contributed by atoms with Crippen molar-refractivity contribution in [3.63, 3.8) is 0 Å². The summed E-state index contributed by atoms with van der Waals surface area (Å²) in [6, 6.07) is 15.2. The molecule has 0 radical (unpaired) electrons. The molecule has 1 aromatic heterocycles. The molecule has 3 rings (SSSR count). The molecule has 0 saturated heterocycles. The van der Waals surface area contributed by atoms with E-state index in [1.165, 1.54) is 6.07 Å². The van der Waals surface area contributed by atoms with Gasteiger partial charge in [-0.2, -0.15) is 5.10 Å². The van der Waals surface area contributed by atoms with Crippen LogP contribution in [0.4, 0.5) is 5.69 Å². The van der Waals surface area contributed by atoms with Crippen molar-refractivity contribution >= 4 is 11.6 Å². The zero-order valence-electron chi connectivity index (χ0n) is 16.3. The number of anilines is 1. The van der Waals surface area contributed by atoms with E-state index in [4.69, 9.17) is 14.2 Å². The van der Waals surface area contributed by atoms with E-state index in [2.05, 4.69) is 10.4 Å². The summed E-state index contributed by atoms with van der Waals surface area (Å²) in [6.45, 7) is -0.225. The number of carbonyl (C=O) groups excluding carboxylic acids is 1.